The van der Waals surface area contributed by atoms with Gasteiger partial charge in [-0.05, 0) is 48.2 Å². The van der Waals surface area contributed by atoms with Crippen molar-refractivity contribution in [3.63, 3.8) is 0 Å². The van der Waals surface area contributed by atoms with Crippen molar-refractivity contribution in [3.05, 3.63) is 59.7 Å². The molecule has 1 aliphatic carbocycles. The van der Waals surface area contributed by atoms with Crippen molar-refractivity contribution in [2.24, 2.45) is 5.41 Å². The zero-order valence-corrected chi connectivity index (χ0v) is 14.5. The first kappa shape index (κ1) is 21.2. The van der Waals surface area contributed by atoms with Crippen LogP contribution in [0, 0.1) is 5.41 Å². The zero-order valence-electron chi connectivity index (χ0n) is 14.5. The number of alkyl halides is 8. The normalized spacial score (nSPS) is 23.0. The SMILES string of the molecule is Oc1ccc(CC2(Cc3ccc(O)cc3)C(F)(F)C(F)(F)C(F)(F)C2(F)F)cc1. The van der Waals surface area contributed by atoms with Gasteiger partial charge in [0, 0.05) is 0 Å². The van der Waals surface area contributed by atoms with Gasteiger partial charge in [-0.3, -0.25) is 0 Å². The van der Waals surface area contributed by atoms with Crippen LogP contribution in [0.4, 0.5) is 35.1 Å². The minimum atomic E-state index is -6.31. The number of hydrogen-bond donors (Lipinski definition) is 2. The molecule has 0 amide bonds. The summed E-state index contributed by atoms with van der Waals surface area (Å²) in [6.45, 7) is 0. The van der Waals surface area contributed by atoms with Crippen LogP contribution in [0.3, 0.4) is 0 Å². The van der Waals surface area contributed by atoms with E-state index in [1.54, 1.807) is 0 Å². The van der Waals surface area contributed by atoms with Crippen molar-refractivity contribution in [1.29, 1.82) is 0 Å². The number of phenolic OH excluding ortho intramolecular Hbond substituents is 2. The quantitative estimate of drug-likeness (QED) is 0.641. The first-order valence-electron chi connectivity index (χ1n) is 8.27. The number of rotatable bonds is 4. The standard InChI is InChI=1S/C19H14F8O2/c20-16(21)15(9-11-1-5-13(28)6-2-11,10-12-3-7-14(29)8-4-12)17(22,23)19(26,27)18(16,24)25/h1-8,28-29H,9-10H2. The van der Waals surface area contributed by atoms with Gasteiger partial charge >= 0.3 is 23.7 Å². The summed E-state index contributed by atoms with van der Waals surface area (Å²) in [6, 6.07) is 7.39. The van der Waals surface area contributed by atoms with E-state index < -0.39 is 41.9 Å². The molecule has 10 heteroatoms. The average molecular weight is 426 g/mol. The third-order valence-electron chi connectivity index (χ3n) is 5.27. The second-order valence-corrected chi connectivity index (χ2v) is 7.07. The maximum absolute atomic E-state index is 14.8. The third kappa shape index (κ3) is 2.67. The molecule has 0 aromatic heterocycles. The molecule has 2 aromatic carbocycles. The molecular weight excluding hydrogens is 412 g/mol. The van der Waals surface area contributed by atoms with Gasteiger partial charge in [-0.25, -0.2) is 0 Å². The minimum Gasteiger partial charge on any atom is -0.508 e. The van der Waals surface area contributed by atoms with E-state index in [1.165, 1.54) is 0 Å². The summed E-state index contributed by atoms with van der Waals surface area (Å²) in [7, 11) is 0. The topological polar surface area (TPSA) is 40.5 Å². The van der Waals surface area contributed by atoms with E-state index in [1.807, 2.05) is 0 Å². The van der Waals surface area contributed by atoms with Gasteiger partial charge in [-0.2, -0.15) is 35.1 Å². The van der Waals surface area contributed by atoms with Crippen LogP contribution in [0.1, 0.15) is 11.1 Å². The van der Waals surface area contributed by atoms with Crippen molar-refractivity contribution in [1.82, 2.24) is 0 Å². The van der Waals surface area contributed by atoms with Crippen LogP contribution in [-0.2, 0) is 12.8 Å². The molecule has 158 valence electrons. The Hall–Kier alpha value is -2.52. The Labute approximate surface area is 159 Å². The molecule has 1 aliphatic rings. The largest absolute Gasteiger partial charge is 0.508 e. The van der Waals surface area contributed by atoms with Crippen molar-refractivity contribution >= 4 is 0 Å². The van der Waals surface area contributed by atoms with Crippen molar-refractivity contribution in [2.45, 2.75) is 36.5 Å². The van der Waals surface area contributed by atoms with Crippen LogP contribution in [0.2, 0.25) is 0 Å². The first-order valence-corrected chi connectivity index (χ1v) is 8.27. The van der Waals surface area contributed by atoms with E-state index in [0.717, 1.165) is 48.5 Å². The minimum absolute atomic E-state index is 0.359. The summed E-state index contributed by atoms with van der Waals surface area (Å²) in [5, 5.41) is 18.5. The maximum Gasteiger partial charge on any atom is 0.379 e. The van der Waals surface area contributed by atoms with Gasteiger partial charge in [0.15, 0.2) is 0 Å². The highest BCUT2D eigenvalue weighted by atomic mass is 19.4. The first-order chi connectivity index (χ1) is 13.2. The summed E-state index contributed by atoms with van der Waals surface area (Å²) >= 11 is 0. The van der Waals surface area contributed by atoms with E-state index in [4.69, 9.17) is 0 Å². The Kier molecular flexibility index (Phi) is 4.56. The smallest absolute Gasteiger partial charge is 0.379 e. The highest BCUT2D eigenvalue weighted by molar-refractivity contribution is 5.35. The Morgan fingerprint density at radius 1 is 0.483 bits per heavy atom. The molecule has 0 unspecified atom stereocenters. The Morgan fingerprint density at radius 2 is 0.759 bits per heavy atom. The molecule has 2 nitrogen and oxygen atoms in total. The molecule has 0 aliphatic heterocycles. The fourth-order valence-corrected chi connectivity index (χ4v) is 3.62. The molecule has 1 fully saturated rings. The molecular formula is C19H14F8O2. The van der Waals surface area contributed by atoms with Gasteiger partial charge in [0.1, 0.15) is 16.9 Å². The Morgan fingerprint density at radius 3 is 1.03 bits per heavy atom. The highest BCUT2D eigenvalue weighted by Gasteiger charge is 2.98. The fraction of sp³-hybridized carbons (Fsp3) is 0.368. The summed E-state index contributed by atoms with van der Waals surface area (Å²) in [4.78, 5) is 0. The van der Waals surface area contributed by atoms with E-state index in [2.05, 4.69) is 0 Å². The average Bonchev–Trinajstić information content (AvgIpc) is 2.68. The van der Waals surface area contributed by atoms with Gasteiger partial charge < -0.3 is 10.2 Å². The number of phenols is 2. The Balaban J connectivity index is 2.23. The third-order valence-corrected chi connectivity index (χ3v) is 5.27. The van der Waals surface area contributed by atoms with Gasteiger partial charge in [0.25, 0.3) is 0 Å². The molecule has 0 radical (unpaired) electrons. The zero-order chi connectivity index (χ0) is 21.9. The summed E-state index contributed by atoms with van der Waals surface area (Å²) in [6.07, 6.45) is -3.03. The summed E-state index contributed by atoms with van der Waals surface area (Å²) in [5.41, 5.74) is -4.91. The van der Waals surface area contributed by atoms with Gasteiger partial charge in [-0.15, -0.1) is 0 Å². The van der Waals surface area contributed by atoms with Crippen LogP contribution in [0.25, 0.3) is 0 Å². The number of benzene rings is 2. The highest BCUT2D eigenvalue weighted by Crippen LogP contribution is 2.73. The van der Waals surface area contributed by atoms with E-state index >= 15 is 0 Å². The lowest BCUT2D eigenvalue weighted by Crippen LogP contribution is -2.54. The molecule has 0 spiro atoms. The van der Waals surface area contributed by atoms with E-state index in [-0.39, 0.29) is 22.6 Å². The van der Waals surface area contributed by atoms with Gasteiger partial charge in [0.05, 0.1) is 0 Å². The molecule has 0 atom stereocenters. The molecule has 0 heterocycles. The molecule has 1 saturated carbocycles. The molecule has 2 aromatic rings. The predicted octanol–water partition coefficient (Wildman–Crippen LogP) is 5.42. The molecule has 29 heavy (non-hydrogen) atoms. The van der Waals surface area contributed by atoms with Gasteiger partial charge in [0.2, 0.25) is 0 Å². The number of halogens is 8. The predicted molar refractivity (Wildman–Crippen MR) is 85.8 cm³/mol. The van der Waals surface area contributed by atoms with Crippen molar-refractivity contribution < 1.29 is 45.3 Å². The van der Waals surface area contributed by atoms with Crippen LogP contribution in [0.15, 0.2) is 48.5 Å². The molecule has 0 bridgehead atoms. The molecule has 2 N–H and O–H groups in total. The lowest BCUT2D eigenvalue weighted by Gasteiger charge is -2.39. The summed E-state index contributed by atoms with van der Waals surface area (Å²) in [5.74, 6) is -24.9. The summed E-state index contributed by atoms with van der Waals surface area (Å²) < 4.78 is 115. The van der Waals surface area contributed by atoms with Crippen LogP contribution in [0.5, 0.6) is 11.5 Å². The lowest BCUT2D eigenvalue weighted by atomic mass is 9.70. The molecule has 3 rings (SSSR count). The number of aromatic hydroxyl groups is 2. The Bertz CT molecular complexity index is 816. The second-order valence-electron chi connectivity index (χ2n) is 7.07. The van der Waals surface area contributed by atoms with Crippen LogP contribution >= 0.6 is 0 Å². The molecule has 0 saturated heterocycles. The van der Waals surface area contributed by atoms with Crippen LogP contribution in [-0.4, -0.2) is 33.9 Å². The monoisotopic (exact) mass is 426 g/mol. The van der Waals surface area contributed by atoms with Crippen molar-refractivity contribution in [3.8, 4) is 11.5 Å². The second kappa shape index (κ2) is 6.24. The van der Waals surface area contributed by atoms with Crippen LogP contribution < -0.4 is 0 Å². The van der Waals surface area contributed by atoms with Crippen molar-refractivity contribution in [2.75, 3.05) is 0 Å². The lowest BCUT2D eigenvalue weighted by molar-refractivity contribution is -0.303. The number of hydrogen-bond acceptors (Lipinski definition) is 2. The fourth-order valence-electron chi connectivity index (χ4n) is 3.62. The van der Waals surface area contributed by atoms with Gasteiger partial charge in [-0.1, -0.05) is 24.3 Å². The van der Waals surface area contributed by atoms with E-state index in [0.29, 0.717) is 0 Å². The maximum atomic E-state index is 14.8. The van der Waals surface area contributed by atoms with E-state index in [9.17, 15) is 45.3 Å².